The molecular weight excluding hydrogens is 126 g/mol. The van der Waals surface area contributed by atoms with Crippen LogP contribution in [0.3, 0.4) is 0 Å². The van der Waals surface area contributed by atoms with Gasteiger partial charge in [0, 0.05) is 0 Å². The predicted octanol–water partition coefficient (Wildman–Crippen LogP) is 2.19. The van der Waals surface area contributed by atoms with Crippen LogP contribution in [0.1, 0.15) is 13.3 Å². The molecule has 0 fully saturated rings. The Hall–Kier alpha value is -0.440. The van der Waals surface area contributed by atoms with Crippen LogP contribution in [0.15, 0.2) is 12.7 Å². The van der Waals surface area contributed by atoms with Gasteiger partial charge in [0.15, 0.2) is 0 Å². The van der Waals surface area contributed by atoms with E-state index in [4.69, 9.17) is 0 Å². The summed E-state index contributed by atoms with van der Waals surface area (Å²) >= 11 is 0. The van der Waals surface area contributed by atoms with Crippen molar-refractivity contribution in [3.05, 3.63) is 12.7 Å². The first-order chi connectivity index (χ1) is 4.16. The van der Waals surface area contributed by atoms with Gasteiger partial charge in [-0.25, -0.2) is 0 Å². The maximum Gasteiger partial charge on any atom is 0.345 e. The summed E-state index contributed by atoms with van der Waals surface area (Å²) in [6.07, 6.45) is 1.58. The lowest BCUT2D eigenvalue weighted by atomic mass is 10.3. The Balaban J connectivity index is 3.25. The van der Waals surface area contributed by atoms with E-state index in [2.05, 4.69) is 11.3 Å². The van der Waals surface area contributed by atoms with Gasteiger partial charge in [-0.15, -0.1) is 6.58 Å². The molecule has 0 aromatic rings. The van der Waals surface area contributed by atoms with Crippen molar-refractivity contribution in [2.24, 2.45) is 0 Å². The number of hydrogen-bond acceptors (Lipinski definition) is 1. The van der Waals surface area contributed by atoms with Gasteiger partial charge in [-0.3, -0.25) is 0 Å². The molecule has 1 atom stereocenters. The van der Waals surface area contributed by atoms with Crippen LogP contribution in [0.5, 0.6) is 0 Å². The summed E-state index contributed by atoms with van der Waals surface area (Å²) in [5.41, 5.74) is 0. The molecule has 54 valence electrons. The van der Waals surface area contributed by atoms with Gasteiger partial charge in [-0.1, -0.05) is 6.08 Å². The second-order valence-corrected chi connectivity index (χ2v) is 1.73. The minimum Gasteiger partial charge on any atom is -0.320 e. The van der Waals surface area contributed by atoms with E-state index in [0.717, 1.165) is 0 Å². The molecule has 0 aliphatic carbocycles. The van der Waals surface area contributed by atoms with Crippen molar-refractivity contribution < 1.29 is 13.5 Å². The highest BCUT2D eigenvalue weighted by Gasteiger charge is 2.06. The van der Waals surface area contributed by atoms with Gasteiger partial charge in [-0.05, 0) is 13.3 Å². The van der Waals surface area contributed by atoms with Gasteiger partial charge in [0.25, 0.3) is 0 Å². The van der Waals surface area contributed by atoms with Crippen molar-refractivity contribution in [3.63, 3.8) is 0 Å². The lowest BCUT2D eigenvalue weighted by Crippen LogP contribution is -2.10. The van der Waals surface area contributed by atoms with Gasteiger partial charge in [0.05, 0.1) is 6.10 Å². The molecule has 3 heteroatoms. The molecule has 0 saturated heterocycles. The zero-order valence-corrected chi connectivity index (χ0v) is 5.31. The molecule has 0 N–H and O–H groups in total. The van der Waals surface area contributed by atoms with Crippen molar-refractivity contribution in [2.75, 3.05) is 0 Å². The van der Waals surface area contributed by atoms with Crippen LogP contribution in [0.2, 0.25) is 0 Å². The summed E-state index contributed by atoms with van der Waals surface area (Å²) < 4.78 is 26.8. The molecule has 0 bridgehead atoms. The molecule has 0 aromatic heterocycles. The number of rotatable bonds is 4. The topological polar surface area (TPSA) is 9.23 Å². The van der Waals surface area contributed by atoms with Gasteiger partial charge in [-0.2, -0.15) is 8.78 Å². The van der Waals surface area contributed by atoms with E-state index >= 15 is 0 Å². The Labute approximate surface area is 53.3 Å². The molecule has 9 heavy (non-hydrogen) atoms. The Kier molecular flexibility index (Phi) is 4.22. The molecule has 0 aliphatic rings. The van der Waals surface area contributed by atoms with Crippen molar-refractivity contribution >= 4 is 0 Å². The fourth-order valence-corrected chi connectivity index (χ4v) is 0.466. The molecule has 0 rings (SSSR count). The molecular formula is C6H10F2O. The van der Waals surface area contributed by atoms with Crippen molar-refractivity contribution in [2.45, 2.75) is 26.1 Å². The lowest BCUT2D eigenvalue weighted by molar-refractivity contribution is -0.156. The number of alkyl halides is 2. The summed E-state index contributed by atoms with van der Waals surface area (Å²) in [4.78, 5) is 0. The maximum atomic E-state index is 11.4. The largest absolute Gasteiger partial charge is 0.345 e. The van der Waals surface area contributed by atoms with E-state index in [1.165, 1.54) is 0 Å². The minimum absolute atomic E-state index is 0.428. The summed E-state index contributed by atoms with van der Waals surface area (Å²) in [6, 6.07) is 0. The fourth-order valence-electron chi connectivity index (χ4n) is 0.466. The molecule has 0 saturated carbocycles. The molecule has 1 nitrogen and oxygen atoms in total. The van der Waals surface area contributed by atoms with E-state index in [1.807, 2.05) is 0 Å². The summed E-state index contributed by atoms with van der Waals surface area (Å²) in [6.45, 7) is 2.29. The second kappa shape index (κ2) is 4.44. The van der Waals surface area contributed by atoms with E-state index in [-0.39, 0.29) is 0 Å². The third kappa shape index (κ3) is 5.43. The molecule has 0 radical (unpaired) electrons. The van der Waals surface area contributed by atoms with Crippen LogP contribution < -0.4 is 0 Å². The molecule has 0 aromatic carbocycles. The summed E-state index contributed by atoms with van der Waals surface area (Å²) in [7, 11) is 0. The minimum atomic E-state index is -2.67. The van der Waals surface area contributed by atoms with Crippen LogP contribution in [0, 0.1) is 0 Å². The van der Waals surface area contributed by atoms with Crippen LogP contribution in [-0.2, 0) is 4.74 Å². The number of ether oxygens (including phenoxy) is 1. The van der Waals surface area contributed by atoms with E-state index in [9.17, 15) is 8.78 Å². The number of hydrogen-bond donors (Lipinski definition) is 0. The molecule has 0 aliphatic heterocycles. The highest BCUT2D eigenvalue weighted by atomic mass is 19.3. The van der Waals surface area contributed by atoms with Crippen LogP contribution in [0.4, 0.5) is 8.78 Å². The Morgan fingerprint density at radius 2 is 2.22 bits per heavy atom. The average Bonchev–Trinajstić information content (AvgIpc) is 1.63. The summed E-state index contributed by atoms with van der Waals surface area (Å²) in [5.74, 6) is 0. The third-order valence-electron chi connectivity index (χ3n) is 0.834. The number of halogens is 2. The van der Waals surface area contributed by atoms with Crippen molar-refractivity contribution in [3.8, 4) is 0 Å². The van der Waals surface area contributed by atoms with Gasteiger partial charge in [0.2, 0.25) is 0 Å². The Bertz CT molecular complexity index is 83.1. The molecule has 1 unspecified atom stereocenters. The fraction of sp³-hybridized carbons (Fsp3) is 0.667. The zero-order chi connectivity index (χ0) is 7.28. The highest BCUT2D eigenvalue weighted by Crippen LogP contribution is 2.04. The Morgan fingerprint density at radius 1 is 1.67 bits per heavy atom. The predicted molar refractivity (Wildman–Crippen MR) is 31.4 cm³/mol. The average molecular weight is 136 g/mol. The monoisotopic (exact) mass is 136 g/mol. The lowest BCUT2D eigenvalue weighted by Gasteiger charge is -2.07. The normalized spacial score (nSPS) is 13.8. The van der Waals surface area contributed by atoms with E-state index in [0.29, 0.717) is 6.42 Å². The van der Waals surface area contributed by atoms with Gasteiger partial charge < -0.3 is 4.74 Å². The second-order valence-electron chi connectivity index (χ2n) is 1.73. The third-order valence-corrected chi connectivity index (χ3v) is 0.834. The van der Waals surface area contributed by atoms with Crippen LogP contribution in [0.25, 0.3) is 0 Å². The molecule has 0 spiro atoms. The van der Waals surface area contributed by atoms with Crippen LogP contribution >= 0.6 is 0 Å². The molecule has 0 amide bonds. The quantitative estimate of drug-likeness (QED) is 0.538. The standard InChI is InChI=1S/C6H10F2O/c1-3-4-5(2)9-6(7)8/h3,5-6H,1,4H2,2H3. The van der Waals surface area contributed by atoms with E-state index < -0.39 is 12.7 Å². The van der Waals surface area contributed by atoms with Gasteiger partial charge >= 0.3 is 6.61 Å². The first-order valence-electron chi connectivity index (χ1n) is 2.71. The van der Waals surface area contributed by atoms with Gasteiger partial charge in [0.1, 0.15) is 0 Å². The highest BCUT2D eigenvalue weighted by molar-refractivity contribution is 4.69. The SMILES string of the molecule is C=CCC(C)OC(F)F. The Morgan fingerprint density at radius 3 is 2.56 bits per heavy atom. The summed E-state index contributed by atoms with van der Waals surface area (Å²) in [5, 5.41) is 0. The smallest absolute Gasteiger partial charge is 0.320 e. The zero-order valence-electron chi connectivity index (χ0n) is 5.31. The maximum absolute atomic E-state index is 11.4. The van der Waals surface area contributed by atoms with Crippen LogP contribution in [-0.4, -0.2) is 12.7 Å². The van der Waals surface area contributed by atoms with Crippen molar-refractivity contribution in [1.82, 2.24) is 0 Å². The first-order valence-corrected chi connectivity index (χ1v) is 2.71. The van der Waals surface area contributed by atoms with Crippen molar-refractivity contribution in [1.29, 1.82) is 0 Å². The first kappa shape index (κ1) is 8.56. The van der Waals surface area contributed by atoms with E-state index in [1.54, 1.807) is 13.0 Å². The molecule has 0 heterocycles.